The summed E-state index contributed by atoms with van der Waals surface area (Å²) in [5.74, 6) is 1.50. The van der Waals surface area contributed by atoms with Crippen molar-refractivity contribution in [1.82, 2.24) is 35.0 Å². The summed E-state index contributed by atoms with van der Waals surface area (Å²) in [7, 11) is 1.65. The molecule has 0 aliphatic rings. The van der Waals surface area contributed by atoms with Crippen molar-refractivity contribution in [2.75, 3.05) is 12.4 Å². The molecule has 5 aromatic rings. The summed E-state index contributed by atoms with van der Waals surface area (Å²) < 4.78 is 7.23. The van der Waals surface area contributed by atoms with Gasteiger partial charge in [-0.15, -0.1) is 0 Å². The number of hydrogen-bond donors (Lipinski definition) is 2. The van der Waals surface area contributed by atoms with Crippen molar-refractivity contribution in [3.05, 3.63) is 84.1 Å². The zero-order chi connectivity index (χ0) is 24.9. The van der Waals surface area contributed by atoms with Crippen LogP contribution in [0.25, 0.3) is 21.9 Å². The number of ether oxygens (including phenoxy) is 1. The van der Waals surface area contributed by atoms with Crippen molar-refractivity contribution < 1.29 is 4.74 Å². The number of benzene rings is 2. The molecule has 0 unspecified atom stereocenters. The fourth-order valence-corrected chi connectivity index (χ4v) is 4.03. The lowest BCUT2D eigenvalue weighted by atomic mass is 10.1. The number of hydrogen-bond acceptors (Lipinski definition) is 8. The number of methoxy groups -OCH3 is 1. The molecule has 0 aliphatic carbocycles. The van der Waals surface area contributed by atoms with Crippen molar-refractivity contribution >= 4 is 34.5 Å². The van der Waals surface area contributed by atoms with E-state index in [1.54, 1.807) is 12.1 Å². The number of aromatic amines is 1. The average molecular weight is 482 g/mol. The lowest BCUT2D eigenvalue weighted by molar-refractivity contribution is 0.395. The van der Waals surface area contributed by atoms with Crippen LogP contribution in [0, 0.1) is 0 Å². The Balaban J connectivity index is 1.30. The van der Waals surface area contributed by atoms with E-state index in [4.69, 9.17) is 4.74 Å². The van der Waals surface area contributed by atoms with Crippen molar-refractivity contribution in [3.63, 3.8) is 0 Å². The molecule has 0 fully saturated rings. The van der Waals surface area contributed by atoms with E-state index in [-0.39, 0.29) is 0 Å². The average Bonchev–Trinajstić information content (AvgIpc) is 3.51. The van der Waals surface area contributed by atoms with Gasteiger partial charge in [-0.3, -0.25) is 14.8 Å². The first-order valence-corrected chi connectivity index (χ1v) is 11.5. The van der Waals surface area contributed by atoms with Gasteiger partial charge in [0, 0.05) is 24.5 Å². The second-order valence-electron chi connectivity index (χ2n) is 8.26. The molecule has 0 radical (unpaired) electrons. The summed E-state index contributed by atoms with van der Waals surface area (Å²) in [5.41, 5.74) is 4.75. The van der Waals surface area contributed by atoms with Gasteiger partial charge < -0.3 is 10.1 Å². The molecule has 5 rings (SSSR count). The Morgan fingerprint density at radius 3 is 2.75 bits per heavy atom. The third-order valence-corrected chi connectivity index (χ3v) is 5.85. The van der Waals surface area contributed by atoms with Gasteiger partial charge in [0.1, 0.15) is 17.9 Å². The van der Waals surface area contributed by atoms with Gasteiger partial charge >= 0.3 is 0 Å². The number of H-pyrrole nitrogens is 1. The quantitative estimate of drug-likeness (QED) is 0.226. The van der Waals surface area contributed by atoms with Crippen LogP contribution in [-0.4, -0.2) is 48.8 Å². The molecule has 0 spiro atoms. The highest BCUT2D eigenvalue weighted by molar-refractivity contribution is 5.86. The Hall–Kier alpha value is -4.73. The Labute approximate surface area is 208 Å². The molecule has 2 aromatic carbocycles. The van der Waals surface area contributed by atoms with Gasteiger partial charge in [0.25, 0.3) is 0 Å². The molecule has 182 valence electrons. The maximum absolute atomic E-state index is 5.35. The van der Waals surface area contributed by atoms with E-state index in [1.165, 1.54) is 6.33 Å². The van der Waals surface area contributed by atoms with Crippen LogP contribution in [0.1, 0.15) is 23.7 Å². The third-order valence-electron chi connectivity index (χ3n) is 5.85. The van der Waals surface area contributed by atoms with Crippen molar-refractivity contribution in [2.24, 2.45) is 5.10 Å². The summed E-state index contributed by atoms with van der Waals surface area (Å²) in [6, 6.07) is 14.2. The second-order valence-corrected chi connectivity index (χ2v) is 8.26. The fraction of sp³-hybridized carbons (Fsp3) is 0.192. The first kappa shape index (κ1) is 23.0. The van der Waals surface area contributed by atoms with Crippen LogP contribution in [0.3, 0.4) is 0 Å². The highest BCUT2D eigenvalue weighted by Gasteiger charge is 2.11. The van der Waals surface area contributed by atoms with E-state index in [0.717, 1.165) is 38.9 Å². The molecule has 10 nitrogen and oxygen atoms in total. The number of fused-ring (bicyclic) bond motifs is 2. The standard InChI is InChI=1S/C26H27N9O/c1-4-11-34(27-2)14-18-5-7-19(8-6-18)15-35-16-22-25(29-17-30-26(22)33-35)28-13-24-21-12-20(36-3)9-10-23(21)31-32-24/h4-12,16-17H,2,13-15H2,1,3H3,(H,31,32)(H,28,29,30,33)/b11-4-. The van der Waals surface area contributed by atoms with Crippen LogP contribution in [0.2, 0.25) is 0 Å². The third kappa shape index (κ3) is 4.88. The number of rotatable bonds is 10. The molecular formula is C26H27N9O. The number of nitrogens with zero attached hydrogens (tertiary/aromatic N) is 7. The topological polar surface area (TPSA) is 109 Å². The first-order valence-electron chi connectivity index (χ1n) is 11.5. The van der Waals surface area contributed by atoms with Gasteiger partial charge in [-0.05, 0) is 36.2 Å². The van der Waals surface area contributed by atoms with Gasteiger partial charge in [-0.1, -0.05) is 30.3 Å². The van der Waals surface area contributed by atoms with Gasteiger partial charge in [-0.2, -0.15) is 15.3 Å². The molecule has 0 aliphatic heterocycles. The number of aromatic nitrogens is 6. The van der Waals surface area contributed by atoms with Gasteiger partial charge in [0.15, 0.2) is 5.65 Å². The molecule has 0 saturated carbocycles. The van der Waals surface area contributed by atoms with Crippen molar-refractivity contribution in [2.45, 2.75) is 26.6 Å². The summed E-state index contributed by atoms with van der Waals surface area (Å²) in [6.45, 7) is 7.38. The van der Waals surface area contributed by atoms with E-state index in [2.05, 4.69) is 66.7 Å². The predicted octanol–water partition coefficient (Wildman–Crippen LogP) is 4.32. The minimum Gasteiger partial charge on any atom is -0.497 e. The monoisotopic (exact) mass is 481 g/mol. The molecule has 3 heterocycles. The van der Waals surface area contributed by atoms with Gasteiger partial charge in [-0.25, -0.2) is 9.97 Å². The van der Waals surface area contributed by atoms with Crippen LogP contribution in [0.15, 0.2) is 72.4 Å². The largest absolute Gasteiger partial charge is 0.497 e. The molecule has 36 heavy (non-hydrogen) atoms. The fourth-order valence-electron chi connectivity index (χ4n) is 4.03. The molecule has 0 amide bonds. The lowest BCUT2D eigenvalue weighted by Gasteiger charge is -2.13. The van der Waals surface area contributed by atoms with Crippen LogP contribution < -0.4 is 10.1 Å². The van der Waals surface area contributed by atoms with Crippen molar-refractivity contribution in [3.8, 4) is 5.75 Å². The highest BCUT2D eigenvalue weighted by Crippen LogP contribution is 2.24. The zero-order valence-corrected chi connectivity index (χ0v) is 20.2. The SMILES string of the molecule is C=NN(/C=C\C)Cc1ccc(Cn2cc3c(NCc4[nH]nc5ccc(OC)cc45)ncnc3n2)cc1. The summed E-state index contributed by atoms with van der Waals surface area (Å²) in [6.07, 6.45) is 7.32. The Bertz CT molecular complexity index is 1520. The number of hydrazone groups is 1. The van der Waals surface area contributed by atoms with Crippen LogP contribution in [0.4, 0.5) is 5.82 Å². The summed E-state index contributed by atoms with van der Waals surface area (Å²) >= 11 is 0. The maximum Gasteiger partial charge on any atom is 0.186 e. The number of anilines is 1. The Kier molecular flexibility index (Phi) is 6.57. The molecule has 2 N–H and O–H groups in total. The van der Waals surface area contributed by atoms with E-state index >= 15 is 0 Å². The zero-order valence-electron chi connectivity index (χ0n) is 20.2. The predicted molar refractivity (Wildman–Crippen MR) is 141 cm³/mol. The summed E-state index contributed by atoms with van der Waals surface area (Å²) in [5, 5.41) is 23.2. The van der Waals surface area contributed by atoms with Crippen LogP contribution in [-0.2, 0) is 19.6 Å². The summed E-state index contributed by atoms with van der Waals surface area (Å²) in [4.78, 5) is 8.79. The van der Waals surface area contributed by atoms with Crippen LogP contribution >= 0.6 is 0 Å². The minimum absolute atomic E-state index is 0.520. The van der Waals surface area contributed by atoms with E-state index in [9.17, 15) is 0 Å². The van der Waals surface area contributed by atoms with Crippen LogP contribution in [0.5, 0.6) is 5.75 Å². The first-order chi connectivity index (χ1) is 17.7. The minimum atomic E-state index is 0.520. The van der Waals surface area contributed by atoms with E-state index in [1.807, 2.05) is 48.3 Å². The molecule has 0 saturated heterocycles. The normalized spacial score (nSPS) is 11.4. The Morgan fingerprint density at radius 1 is 1.14 bits per heavy atom. The molecule has 0 atom stereocenters. The molecule has 10 heteroatoms. The second kappa shape index (κ2) is 10.3. The molecule has 3 aromatic heterocycles. The van der Waals surface area contributed by atoms with Gasteiger partial charge in [0.05, 0.1) is 43.3 Å². The lowest BCUT2D eigenvalue weighted by Crippen LogP contribution is -2.08. The van der Waals surface area contributed by atoms with E-state index < -0.39 is 0 Å². The highest BCUT2D eigenvalue weighted by atomic mass is 16.5. The number of allylic oxidation sites excluding steroid dienone is 1. The molecular weight excluding hydrogens is 454 g/mol. The van der Waals surface area contributed by atoms with Crippen molar-refractivity contribution in [1.29, 1.82) is 0 Å². The maximum atomic E-state index is 5.35. The smallest absolute Gasteiger partial charge is 0.186 e. The number of nitrogens with one attached hydrogen (secondary N) is 2. The van der Waals surface area contributed by atoms with Gasteiger partial charge in [0.2, 0.25) is 0 Å². The van der Waals surface area contributed by atoms with E-state index in [0.29, 0.717) is 31.1 Å². The molecule has 0 bridgehead atoms. The Morgan fingerprint density at radius 2 is 1.97 bits per heavy atom.